The van der Waals surface area contributed by atoms with Crippen molar-refractivity contribution in [3.63, 3.8) is 0 Å². The first-order valence-corrected chi connectivity index (χ1v) is 7.07. The van der Waals surface area contributed by atoms with Crippen LogP contribution in [0.1, 0.15) is 37.2 Å². The fourth-order valence-corrected chi connectivity index (χ4v) is 2.06. The minimum atomic E-state index is -0.445. The number of Topliss-reactive ketones (excluding diaryl/α,β-unsaturated/α-hetero) is 1. The smallest absolute Gasteiger partial charge is 0.185 e. The van der Waals surface area contributed by atoms with Gasteiger partial charge in [0.25, 0.3) is 0 Å². The lowest BCUT2D eigenvalue weighted by Gasteiger charge is -2.24. The Morgan fingerprint density at radius 3 is 2.75 bits per heavy atom. The summed E-state index contributed by atoms with van der Waals surface area (Å²) >= 11 is 0. The van der Waals surface area contributed by atoms with Crippen LogP contribution in [0.4, 0.5) is 4.39 Å². The zero-order valence-corrected chi connectivity index (χ0v) is 12.2. The quantitative estimate of drug-likeness (QED) is 0.705. The average Bonchev–Trinajstić information content (AvgIpc) is 2.45. The second-order valence-electron chi connectivity index (χ2n) is 5.00. The average molecular weight is 282 g/mol. The SMILES string of the molecule is CCCCN(CCO)CC(C)C(=O)c1ccc(F)cn1. The molecule has 1 atom stereocenters. The van der Waals surface area contributed by atoms with Crippen LogP contribution < -0.4 is 0 Å². The van der Waals surface area contributed by atoms with E-state index in [1.165, 1.54) is 12.1 Å². The Labute approximate surface area is 119 Å². The van der Waals surface area contributed by atoms with Gasteiger partial charge in [-0.1, -0.05) is 20.3 Å². The molecule has 0 aromatic carbocycles. The number of rotatable bonds is 9. The van der Waals surface area contributed by atoms with Gasteiger partial charge in [0.2, 0.25) is 0 Å². The zero-order chi connectivity index (χ0) is 15.0. The molecule has 1 unspecified atom stereocenters. The topological polar surface area (TPSA) is 53.4 Å². The number of carbonyl (C=O) groups excluding carboxylic acids is 1. The van der Waals surface area contributed by atoms with Crippen molar-refractivity contribution in [1.82, 2.24) is 9.88 Å². The summed E-state index contributed by atoms with van der Waals surface area (Å²) in [6, 6.07) is 2.66. The highest BCUT2D eigenvalue weighted by Gasteiger charge is 2.19. The van der Waals surface area contributed by atoms with Gasteiger partial charge < -0.3 is 10.0 Å². The summed E-state index contributed by atoms with van der Waals surface area (Å²) in [5, 5.41) is 9.05. The minimum Gasteiger partial charge on any atom is -0.395 e. The monoisotopic (exact) mass is 282 g/mol. The number of ketones is 1. The number of aliphatic hydroxyl groups excluding tert-OH is 1. The Bertz CT molecular complexity index is 409. The van der Waals surface area contributed by atoms with Crippen molar-refractivity contribution in [2.75, 3.05) is 26.2 Å². The number of hydrogen-bond donors (Lipinski definition) is 1. The van der Waals surface area contributed by atoms with Crippen molar-refractivity contribution in [1.29, 1.82) is 0 Å². The second-order valence-corrected chi connectivity index (χ2v) is 5.00. The summed E-state index contributed by atoms with van der Waals surface area (Å²) in [4.78, 5) is 18.1. The van der Waals surface area contributed by atoms with Gasteiger partial charge in [0, 0.05) is 19.0 Å². The van der Waals surface area contributed by atoms with Gasteiger partial charge in [-0.15, -0.1) is 0 Å². The van der Waals surface area contributed by atoms with E-state index in [2.05, 4.69) is 16.8 Å². The van der Waals surface area contributed by atoms with Crippen molar-refractivity contribution in [2.24, 2.45) is 5.92 Å². The van der Waals surface area contributed by atoms with Gasteiger partial charge in [0.1, 0.15) is 11.5 Å². The van der Waals surface area contributed by atoms with Crippen LogP contribution >= 0.6 is 0 Å². The Hall–Kier alpha value is -1.33. The van der Waals surface area contributed by atoms with Crippen molar-refractivity contribution in [2.45, 2.75) is 26.7 Å². The predicted octanol–water partition coefficient (Wildman–Crippen LogP) is 2.13. The molecule has 4 nitrogen and oxygen atoms in total. The largest absolute Gasteiger partial charge is 0.395 e. The third-order valence-electron chi connectivity index (χ3n) is 3.20. The van der Waals surface area contributed by atoms with Crippen LogP contribution in [0.2, 0.25) is 0 Å². The molecule has 0 radical (unpaired) electrons. The first kappa shape index (κ1) is 16.7. The standard InChI is InChI=1S/C15H23FN2O2/c1-3-4-7-18(8-9-19)11-12(2)15(20)14-6-5-13(16)10-17-14/h5-6,10,12,19H,3-4,7-9,11H2,1-2H3. The molecule has 0 aliphatic carbocycles. The number of aliphatic hydroxyl groups is 1. The van der Waals surface area contributed by atoms with Crippen molar-refractivity contribution < 1.29 is 14.3 Å². The Morgan fingerprint density at radius 1 is 1.45 bits per heavy atom. The Balaban J connectivity index is 2.60. The van der Waals surface area contributed by atoms with E-state index in [0.29, 0.717) is 18.8 Å². The molecular formula is C15H23FN2O2. The molecule has 0 saturated carbocycles. The lowest BCUT2D eigenvalue weighted by atomic mass is 10.0. The molecule has 0 saturated heterocycles. The van der Waals surface area contributed by atoms with E-state index in [1.54, 1.807) is 0 Å². The molecule has 5 heteroatoms. The molecule has 1 N–H and O–H groups in total. The predicted molar refractivity (Wildman–Crippen MR) is 76.1 cm³/mol. The van der Waals surface area contributed by atoms with Crippen LogP contribution in [0.3, 0.4) is 0 Å². The van der Waals surface area contributed by atoms with E-state index in [0.717, 1.165) is 25.6 Å². The first-order chi connectivity index (χ1) is 9.58. The molecule has 0 amide bonds. The molecule has 0 aliphatic rings. The zero-order valence-electron chi connectivity index (χ0n) is 12.2. The third kappa shape index (κ3) is 5.35. The highest BCUT2D eigenvalue weighted by Crippen LogP contribution is 2.10. The number of unbranched alkanes of at least 4 members (excludes halogenated alkanes) is 1. The van der Waals surface area contributed by atoms with E-state index in [-0.39, 0.29) is 18.3 Å². The molecule has 1 heterocycles. The normalized spacial score (nSPS) is 12.7. The molecule has 1 aromatic rings. The van der Waals surface area contributed by atoms with Crippen LogP contribution in [0.15, 0.2) is 18.3 Å². The van der Waals surface area contributed by atoms with Gasteiger partial charge in [-0.25, -0.2) is 4.39 Å². The van der Waals surface area contributed by atoms with Gasteiger partial charge >= 0.3 is 0 Å². The maximum atomic E-state index is 12.8. The van der Waals surface area contributed by atoms with Gasteiger partial charge in [-0.2, -0.15) is 0 Å². The van der Waals surface area contributed by atoms with Crippen LogP contribution in [0.5, 0.6) is 0 Å². The molecule has 0 bridgehead atoms. The number of aromatic nitrogens is 1. The molecule has 0 spiro atoms. The fourth-order valence-electron chi connectivity index (χ4n) is 2.06. The van der Waals surface area contributed by atoms with Gasteiger partial charge in [0.05, 0.1) is 12.8 Å². The summed E-state index contributed by atoms with van der Waals surface area (Å²) in [5.41, 5.74) is 0.290. The molecule has 1 aromatic heterocycles. The van der Waals surface area contributed by atoms with Crippen LogP contribution in [-0.2, 0) is 0 Å². The van der Waals surface area contributed by atoms with E-state index in [9.17, 15) is 9.18 Å². The minimum absolute atomic E-state index is 0.0828. The Kier molecular flexibility index (Phi) is 7.33. The van der Waals surface area contributed by atoms with E-state index < -0.39 is 5.82 Å². The lowest BCUT2D eigenvalue weighted by Crippen LogP contribution is -2.35. The summed E-state index contributed by atoms with van der Waals surface area (Å²) in [6.45, 7) is 6.04. The highest BCUT2D eigenvalue weighted by atomic mass is 19.1. The van der Waals surface area contributed by atoms with Crippen molar-refractivity contribution >= 4 is 5.78 Å². The molecular weight excluding hydrogens is 259 g/mol. The van der Waals surface area contributed by atoms with Gasteiger partial charge in [0.15, 0.2) is 5.78 Å². The Morgan fingerprint density at radius 2 is 2.20 bits per heavy atom. The van der Waals surface area contributed by atoms with Crippen LogP contribution in [0.25, 0.3) is 0 Å². The lowest BCUT2D eigenvalue weighted by molar-refractivity contribution is 0.0875. The number of carbonyl (C=O) groups is 1. The fraction of sp³-hybridized carbons (Fsp3) is 0.600. The maximum absolute atomic E-state index is 12.8. The summed E-state index contributed by atoms with van der Waals surface area (Å²) in [6.07, 6.45) is 3.17. The maximum Gasteiger partial charge on any atom is 0.185 e. The van der Waals surface area contributed by atoms with E-state index in [4.69, 9.17) is 5.11 Å². The summed E-state index contributed by atoms with van der Waals surface area (Å²) in [5.74, 6) is -0.764. The molecule has 20 heavy (non-hydrogen) atoms. The molecule has 112 valence electrons. The number of hydrogen-bond acceptors (Lipinski definition) is 4. The van der Waals surface area contributed by atoms with Crippen LogP contribution in [-0.4, -0.2) is 47.0 Å². The van der Waals surface area contributed by atoms with E-state index in [1.807, 2.05) is 6.92 Å². The van der Waals surface area contributed by atoms with Crippen molar-refractivity contribution in [3.8, 4) is 0 Å². The first-order valence-electron chi connectivity index (χ1n) is 7.07. The summed E-state index contributed by atoms with van der Waals surface area (Å²) in [7, 11) is 0. The van der Waals surface area contributed by atoms with Crippen LogP contribution in [0, 0.1) is 11.7 Å². The molecule has 1 rings (SSSR count). The third-order valence-corrected chi connectivity index (χ3v) is 3.20. The molecule has 0 aliphatic heterocycles. The van der Waals surface area contributed by atoms with Gasteiger partial charge in [-0.3, -0.25) is 9.78 Å². The van der Waals surface area contributed by atoms with Gasteiger partial charge in [-0.05, 0) is 25.1 Å². The number of halogens is 1. The number of pyridine rings is 1. The van der Waals surface area contributed by atoms with Crippen molar-refractivity contribution in [3.05, 3.63) is 29.8 Å². The second kappa shape index (κ2) is 8.76. The number of nitrogens with zero attached hydrogens (tertiary/aromatic N) is 2. The van der Waals surface area contributed by atoms with E-state index >= 15 is 0 Å². The summed E-state index contributed by atoms with van der Waals surface area (Å²) < 4.78 is 12.8. The molecule has 0 fully saturated rings. The highest BCUT2D eigenvalue weighted by molar-refractivity contribution is 5.95.